The highest BCUT2D eigenvalue weighted by molar-refractivity contribution is 6.03. The fourth-order valence-electron chi connectivity index (χ4n) is 4.86. The average Bonchev–Trinajstić information content (AvgIpc) is 3.36. The molecule has 0 aliphatic carbocycles. The number of ether oxygens (including phenoxy) is 3. The zero-order valence-electron chi connectivity index (χ0n) is 27.4. The number of hydrogen-bond donors (Lipinski definition) is 6. The molecule has 268 valence electrons. The number of nitrogens with zero attached hydrogens (tertiary/aromatic N) is 1. The lowest BCUT2D eigenvalue weighted by atomic mass is 9.94. The Bertz CT molecular complexity index is 1370. The first kappa shape index (κ1) is 38.5. The SMILES string of the molecule is CC(C)C1CC(=O)N(CC2OCC(C(=O)NCC(=O)NCC(=O)N[C@@H](Cc3ccccc3)C(=O)NCC(=O)NCOCC(N)=O)CO2)C1=O. The lowest BCUT2D eigenvalue weighted by molar-refractivity contribution is -0.208. The van der Waals surface area contributed by atoms with E-state index in [0.717, 1.165) is 10.5 Å². The van der Waals surface area contributed by atoms with Crippen molar-refractivity contribution in [1.29, 1.82) is 0 Å². The van der Waals surface area contributed by atoms with Gasteiger partial charge in [-0.2, -0.15) is 0 Å². The highest BCUT2D eigenvalue weighted by atomic mass is 16.7. The van der Waals surface area contributed by atoms with Crippen molar-refractivity contribution in [2.24, 2.45) is 23.5 Å². The van der Waals surface area contributed by atoms with Crippen molar-refractivity contribution in [2.45, 2.75) is 39.0 Å². The van der Waals surface area contributed by atoms with E-state index in [0.29, 0.717) is 0 Å². The van der Waals surface area contributed by atoms with Crippen LogP contribution in [0.1, 0.15) is 25.8 Å². The summed E-state index contributed by atoms with van der Waals surface area (Å²) in [7, 11) is 0. The van der Waals surface area contributed by atoms with E-state index >= 15 is 0 Å². The van der Waals surface area contributed by atoms with Crippen LogP contribution >= 0.6 is 0 Å². The summed E-state index contributed by atoms with van der Waals surface area (Å²) in [5, 5.41) is 12.1. The van der Waals surface area contributed by atoms with Crippen molar-refractivity contribution >= 4 is 47.3 Å². The van der Waals surface area contributed by atoms with E-state index in [1.54, 1.807) is 30.3 Å². The molecule has 2 aliphatic heterocycles. The zero-order valence-corrected chi connectivity index (χ0v) is 27.4. The molecule has 1 unspecified atom stereocenters. The van der Waals surface area contributed by atoms with Gasteiger partial charge in [-0.05, 0) is 11.5 Å². The summed E-state index contributed by atoms with van der Waals surface area (Å²) in [6, 6.07) is 7.69. The van der Waals surface area contributed by atoms with Gasteiger partial charge in [-0.15, -0.1) is 0 Å². The van der Waals surface area contributed by atoms with Crippen LogP contribution < -0.4 is 32.3 Å². The van der Waals surface area contributed by atoms with Crippen LogP contribution in [0.4, 0.5) is 0 Å². The third-order valence-corrected chi connectivity index (χ3v) is 7.60. The van der Waals surface area contributed by atoms with Crippen molar-refractivity contribution < 1.29 is 52.6 Å². The van der Waals surface area contributed by atoms with Gasteiger partial charge in [0.1, 0.15) is 19.4 Å². The number of nitrogens with two attached hydrogens (primary N) is 1. The van der Waals surface area contributed by atoms with Gasteiger partial charge in [0.2, 0.25) is 47.3 Å². The third-order valence-electron chi connectivity index (χ3n) is 7.60. The Kier molecular flexibility index (Phi) is 15.1. The number of primary amides is 1. The molecule has 18 heteroatoms. The average molecular weight is 690 g/mol. The van der Waals surface area contributed by atoms with Gasteiger partial charge in [-0.3, -0.25) is 43.3 Å². The van der Waals surface area contributed by atoms with Crippen molar-refractivity contribution in [1.82, 2.24) is 31.5 Å². The molecule has 18 nitrogen and oxygen atoms in total. The van der Waals surface area contributed by atoms with Gasteiger partial charge in [0.15, 0.2) is 6.29 Å². The predicted octanol–water partition coefficient (Wildman–Crippen LogP) is -3.34. The lowest BCUT2D eigenvalue weighted by Crippen LogP contribution is -2.52. The molecule has 8 amide bonds. The van der Waals surface area contributed by atoms with E-state index in [1.165, 1.54) is 0 Å². The molecule has 49 heavy (non-hydrogen) atoms. The number of carbonyl (C=O) groups is 8. The summed E-state index contributed by atoms with van der Waals surface area (Å²) in [6.45, 7) is 1.48. The molecule has 0 aromatic heterocycles. The van der Waals surface area contributed by atoms with Crippen LogP contribution in [0, 0.1) is 17.8 Å². The molecule has 2 fully saturated rings. The molecular weight excluding hydrogens is 646 g/mol. The van der Waals surface area contributed by atoms with Crippen molar-refractivity contribution in [2.75, 3.05) is 52.7 Å². The molecule has 3 rings (SSSR count). The topological polar surface area (TPSA) is 254 Å². The first-order valence-corrected chi connectivity index (χ1v) is 15.7. The Morgan fingerprint density at radius 3 is 2.16 bits per heavy atom. The first-order valence-electron chi connectivity index (χ1n) is 15.7. The second-order valence-corrected chi connectivity index (χ2v) is 11.8. The molecule has 2 atom stereocenters. The van der Waals surface area contributed by atoms with E-state index < -0.39 is 73.3 Å². The molecular formula is C31H43N7O11. The maximum atomic E-state index is 12.9. The molecule has 7 N–H and O–H groups in total. The summed E-state index contributed by atoms with van der Waals surface area (Å²) < 4.78 is 15.9. The Balaban J connectivity index is 1.38. The second kappa shape index (κ2) is 19.2. The summed E-state index contributed by atoms with van der Waals surface area (Å²) in [4.78, 5) is 99.0. The van der Waals surface area contributed by atoms with Crippen molar-refractivity contribution in [3.63, 3.8) is 0 Å². The summed E-state index contributed by atoms with van der Waals surface area (Å²) in [5.74, 6) is -5.57. The van der Waals surface area contributed by atoms with Crippen LogP contribution in [0.25, 0.3) is 0 Å². The quantitative estimate of drug-likeness (QED) is 0.0505. The Morgan fingerprint density at radius 2 is 1.53 bits per heavy atom. The van der Waals surface area contributed by atoms with Gasteiger partial charge < -0.3 is 46.5 Å². The van der Waals surface area contributed by atoms with E-state index in [4.69, 9.17) is 19.9 Å². The highest BCUT2D eigenvalue weighted by Crippen LogP contribution is 2.27. The van der Waals surface area contributed by atoms with Crippen LogP contribution in [0.2, 0.25) is 0 Å². The van der Waals surface area contributed by atoms with Gasteiger partial charge in [-0.25, -0.2) is 0 Å². The minimum absolute atomic E-state index is 0.0219. The van der Waals surface area contributed by atoms with Crippen LogP contribution in [-0.4, -0.2) is 117 Å². The Morgan fingerprint density at radius 1 is 0.898 bits per heavy atom. The van der Waals surface area contributed by atoms with E-state index in [-0.39, 0.29) is 69.6 Å². The summed E-state index contributed by atoms with van der Waals surface area (Å²) in [6.07, 6.45) is -0.647. The molecule has 2 aliphatic rings. The number of likely N-dealkylation sites (tertiary alicyclic amines) is 1. The summed E-state index contributed by atoms with van der Waals surface area (Å²) in [5.41, 5.74) is 5.66. The highest BCUT2D eigenvalue weighted by Gasteiger charge is 2.42. The molecule has 2 saturated heterocycles. The fraction of sp³-hybridized carbons (Fsp3) is 0.548. The van der Waals surface area contributed by atoms with Gasteiger partial charge in [0.25, 0.3) is 0 Å². The zero-order chi connectivity index (χ0) is 35.9. The maximum absolute atomic E-state index is 12.9. The van der Waals surface area contributed by atoms with Crippen molar-refractivity contribution in [3.8, 4) is 0 Å². The summed E-state index contributed by atoms with van der Waals surface area (Å²) >= 11 is 0. The smallest absolute Gasteiger partial charge is 0.243 e. The second-order valence-electron chi connectivity index (χ2n) is 11.8. The fourth-order valence-corrected chi connectivity index (χ4v) is 4.86. The van der Waals surface area contributed by atoms with E-state index in [2.05, 4.69) is 26.6 Å². The van der Waals surface area contributed by atoms with Crippen molar-refractivity contribution in [3.05, 3.63) is 35.9 Å². The largest absolute Gasteiger partial charge is 0.368 e. The maximum Gasteiger partial charge on any atom is 0.243 e. The molecule has 0 radical (unpaired) electrons. The molecule has 0 saturated carbocycles. The minimum Gasteiger partial charge on any atom is -0.368 e. The predicted molar refractivity (Wildman–Crippen MR) is 168 cm³/mol. The molecule has 0 spiro atoms. The number of carbonyl (C=O) groups excluding carboxylic acids is 8. The monoisotopic (exact) mass is 689 g/mol. The number of nitrogens with one attached hydrogen (secondary N) is 5. The Hall–Kier alpha value is -4.94. The van der Waals surface area contributed by atoms with Crippen LogP contribution in [0.5, 0.6) is 0 Å². The first-order chi connectivity index (χ1) is 23.3. The van der Waals surface area contributed by atoms with Crippen LogP contribution in [0.3, 0.4) is 0 Å². The molecule has 0 bridgehead atoms. The van der Waals surface area contributed by atoms with Gasteiger partial charge in [-0.1, -0.05) is 44.2 Å². The van der Waals surface area contributed by atoms with Crippen LogP contribution in [0.15, 0.2) is 30.3 Å². The standard InChI is InChI=1S/C31H43N7O11/c1-18(2)21-9-27(43)38(31(21)46)13-28-48-14-20(15-49-28)29(44)34-10-24(40)33-12-26(42)37-22(8-19-6-4-3-5-7-19)30(45)35-11-25(41)36-17-47-16-23(32)39/h3-7,18,20-22,28H,8-17H2,1-2H3,(H2,32,39)(H,33,40)(H,34,44)(H,35,45)(H,36,41)(H,37,42)/t20?,21?,22-,28?/m0/s1. The van der Waals surface area contributed by atoms with E-state index in [1.807, 2.05) is 13.8 Å². The van der Waals surface area contributed by atoms with Crippen LogP contribution in [-0.2, 0) is 59.0 Å². The lowest BCUT2D eigenvalue weighted by Gasteiger charge is -2.30. The minimum atomic E-state index is -1.10. The van der Waals surface area contributed by atoms with Gasteiger partial charge >= 0.3 is 0 Å². The number of amides is 8. The van der Waals surface area contributed by atoms with Gasteiger partial charge in [0.05, 0.1) is 45.3 Å². The van der Waals surface area contributed by atoms with E-state index in [9.17, 15) is 38.4 Å². The number of rotatable bonds is 18. The van der Waals surface area contributed by atoms with Gasteiger partial charge in [0, 0.05) is 18.8 Å². The molecule has 1 aromatic rings. The molecule has 1 aromatic carbocycles. The number of imide groups is 1. The number of benzene rings is 1. The number of hydrogen-bond acceptors (Lipinski definition) is 11. The Labute approximate surface area is 282 Å². The normalized spacial score (nSPS) is 19.6. The molecule has 2 heterocycles. The third kappa shape index (κ3) is 12.9.